The van der Waals surface area contributed by atoms with Crippen molar-refractivity contribution in [1.29, 1.82) is 0 Å². The summed E-state index contributed by atoms with van der Waals surface area (Å²) < 4.78 is 0. The largest absolute Gasteiger partial charge is 0.354 e. The first-order valence-electron chi connectivity index (χ1n) is 6.24. The first-order chi connectivity index (χ1) is 10.0. The van der Waals surface area contributed by atoms with E-state index in [9.17, 15) is 4.79 Å². The number of hydrogen-bond acceptors (Lipinski definition) is 1. The van der Waals surface area contributed by atoms with Gasteiger partial charge in [-0.1, -0.05) is 40.9 Å². The molecule has 1 heterocycles. The van der Waals surface area contributed by atoms with Crippen LogP contribution in [0.3, 0.4) is 0 Å². The zero-order chi connectivity index (χ0) is 15.1. The number of aryl methyl sites for hydroxylation is 1. The first kappa shape index (κ1) is 14.5. The molecule has 0 bridgehead atoms. The summed E-state index contributed by atoms with van der Waals surface area (Å²) in [6.45, 7) is 1.90. The van der Waals surface area contributed by atoms with Gasteiger partial charge >= 0.3 is 0 Å². The van der Waals surface area contributed by atoms with Crippen LogP contribution in [0, 0.1) is 6.92 Å². The molecule has 2 nitrogen and oxygen atoms in total. The Labute approximate surface area is 136 Å². The van der Waals surface area contributed by atoms with E-state index in [0.717, 1.165) is 22.8 Å². The maximum Gasteiger partial charge on any atom is 0.152 e. The Morgan fingerprint density at radius 1 is 1.05 bits per heavy atom. The number of hydrogen-bond donors (Lipinski definition) is 1. The second-order valence-corrected chi connectivity index (χ2v) is 6.00. The molecule has 0 radical (unpaired) electrons. The van der Waals surface area contributed by atoms with Crippen molar-refractivity contribution in [3.05, 3.63) is 56.5 Å². The highest BCUT2D eigenvalue weighted by Crippen LogP contribution is 2.37. The molecule has 0 unspecified atom stereocenters. The fraction of sp³-hybridized carbons (Fsp3) is 0.0625. The molecule has 0 saturated heterocycles. The van der Waals surface area contributed by atoms with Crippen LogP contribution in [0.15, 0.2) is 30.3 Å². The molecule has 0 aliphatic rings. The smallest absolute Gasteiger partial charge is 0.152 e. The van der Waals surface area contributed by atoms with Gasteiger partial charge in [0.2, 0.25) is 0 Å². The molecule has 106 valence electrons. The van der Waals surface area contributed by atoms with Gasteiger partial charge in [-0.2, -0.15) is 0 Å². The number of carbonyl (C=O) groups is 1. The van der Waals surface area contributed by atoms with Gasteiger partial charge in [0.1, 0.15) is 0 Å². The second-order valence-electron chi connectivity index (χ2n) is 4.75. The minimum atomic E-state index is 0.526. The van der Waals surface area contributed by atoms with Crippen LogP contribution in [-0.4, -0.2) is 11.3 Å². The molecule has 0 saturated carbocycles. The molecule has 3 rings (SSSR count). The Morgan fingerprint density at radius 2 is 1.76 bits per heavy atom. The lowest BCUT2D eigenvalue weighted by Crippen LogP contribution is -1.86. The number of rotatable bonds is 2. The van der Waals surface area contributed by atoms with Gasteiger partial charge in [-0.05, 0) is 36.8 Å². The Kier molecular flexibility index (Phi) is 3.70. The number of halogens is 3. The number of benzene rings is 2. The van der Waals surface area contributed by atoms with Gasteiger partial charge in [0, 0.05) is 26.6 Å². The van der Waals surface area contributed by atoms with E-state index in [0.29, 0.717) is 31.9 Å². The van der Waals surface area contributed by atoms with Crippen LogP contribution in [0.4, 0.5) is 0 Å². The number of aromatic nitrogens is 1. The molecule has 2 aromatic carbocycles. The molecule has 0 aliphatic heterocycles. The molecule has 1 N–H and O–H groups in total. The molecule has 3 aromatic rings. The fourth-order valence-corrected chi connectivity index (χ4v) is 2.96. The van der Waals surface area contributed by atoms with Gasteiger partial charge in [0.15, 0.2) is 6.29 Å². The summed E-state index contributed by atoms with van der Waals surface area (Å²) in [6.07, 6.45) is 0.818. The maximum absolute atomic E-state index is 11.5. The van der Waals surface area contributed by atoms with Gasteiger partial charge in [0.05, 0.1) is 16.2 Å². The van der Waals surface area contributed by atoms with Gasteiger partial charge in [-0.3, -0.25) is 4.79 Å². The summed E-state index contributed by atoms with van der Waals surface area (Å²) in [4.78, 5) is 14.8. The Morgan fingerprint density at radius 3 is 2.48 bits per heavy atom. The number of carbonyl (C=O) groups excluding carboxylic acids is 1. The minimum absolute atomic E-state index is 0.526. The normalized spacial score (nSPS) is 11.0. The fourth-order valence-electron chi connectivity index (χ4n) is 2.42. The number of H-pyrrole nitrogens is 1. The predicted octanol–water partition coefficient (Wildman–Crippen LogP) is 5.92. The Bertz CT molecular complexity index is 868. The summed E-state index contributed by atoms with van der Waals surface area (Å²) in [5.74, 6) is 0. The third-order valence-electron chi connectivity index (χ3n) is 3.52. The van der Waals surface area contributed by atoms with Crippen molar-refractivity contribution >= 4 is 52.0 Å². The third-order valence-corrected chi connectivity index (χ3v) is 4.50. The third kappa shape index (κ3) is 2.34. The predicted molar refractivity (Wildman–Crippen MR) is 88.9 cm³/mol. The Hall–Kier alpha value is -1.48. The van der Waals surface area contributed by atoms with Crippen LogP contribution < -0.4 is 0 Å². The van der Waals surface area contributed by atoms with E-state index in [2.05, 4.69) is 4.98 Å². The van der Waals surface area contributed by atoms with Crippen molar-refractivity contribution in [2.24, 2.45) is 0 Å². The van der Waals surface area contributed by atoms with Gasteiger partial charge in [-0.15, -0.1) is 0 Å². The van der Waals surface area contributed by atoms with Crippen LogP contribution >= 0.6 is 34.8 Å². The maximum atomic E-state index is 11.5. The van der Waals surface area contributed by atoms with E-state index >= 15 is 0 Å². The monoisotopic (exact) mass is 337 g/mol. The van der Waals surface area contributed by atoms with E-state index < -0.39 is 0 Å². The minimum Gasteiger partial charge on any atom is -0.354 e. The molecule has 0 fully saturated rings. The highest BCUT2D eigenvalue weighted by atomic mass is 35.5. The quantitative estimate of drug-likeness (QED) is 0.578. The zero-order valence-electron chi connectivity index (χ0n) is 11.0. The van der Waals surface area contributed by atoms with Crippen molar-refractivity contribution in [1.82, 2.24) is 4.98 Å². The standard InChI is InChI=1S/C16H10Cl3NO/c1-8-13(18)5-3-10-12(7-21)16(20-15(8)10)11-6-9(17)2-4-14(11)19/h2-7,20H,1H3. The molecular weight excluding hydrogens is 329 g/mol. The molecule has 5 heteroatoms. The number of nitrogens with one attached hydrogen (secondary N) is 1. The summed E-state index contributed by atoms with van der Waals surface area (Å²) in [7, 11) is 0. The van der Waals surface area contributed by atoms with Gasteiger partial charge < -0.3 is 4.98 Å². The number of fused-ring (bicyclic) bond motifs is 1. The van der Waals surface area contributed by atoms with Crippen LogP contribution in [0.25, 0.3) is 22.2 Å². The van der Waals surface area contributed by atoms with Crippen molar-refractivity contribution in [3.63, 3.8) is 0 Å². The first-order valence-corrected chi connectivity index (χ1v) is 7.37. The molecule has 0 spiro atoms. The molecule has 0 atom stereocenters. The molecule has 21 heavy (non-hydrogen) atoms. The van der Waals surface area contributed by atoms with Crippen LogP contribution in [0.2, 0.25) is 15.1 Å². The summed E-state index contributed by atoms with van der Waals surface area (Å²) in [5.41, 5.74) is 3.61. The number of aromatic amines is 1. The lowest BCUT2D eigenvalue weighted by molar-refractivity contribution is 0.112. The lowest BCUT2D eigenvalue weighted by atomic mass is 10.1. The van der Waals surface area contributed by atoms with Crippen molar-refractivity contribution in [2.75, 3.05) is 0 Å². The topological polar surface area (TPSA) is 32.9 Å². The van der Waals surface area contributed by atoms with E-state index in [-0.39, 0.29) is 0 Å². The van der Waals surface area contributed by atoms with Crippen LogP contribution in [0.1, 0.15) is 15.9 Å². The molecule has 1 aromatic heterocycles. The summed E-state index contributed by atoms with van der Waals surface area (Å²) >= 11 is 18.4. The molecule has 0 amide bonds. The van der Waals surface area contributed by atoms with Crippen molar-refractivity contribution < 1.29 is 4.79 Å². The molecular formula is C16H10Cl3NO. The lowest BCUT2D eigenvalue weighted by Gasteiger charge is -2.04. The Balaban J connectivity index is 2.40. The highest BCUT2D eigenvalue weighted by molar-refractivity contribution is 6.36. The number of aldehydes is 1. The zero-order valence-corrected chi connectivity index (χ0v) is 13.3. The molecule has 0 aliphatic carbocycles. The average Bonchev–Trinajstić information content (AvgIpc) is 2.84. The van der Waals surface area contributed by atoms with E-state index in [1.54, 1.807) is 24.3 Å². The van der Waals surface area contributed by atoms with E-state index in [1.165, 1.54) is 0 Å². The van der Waals surface area contributed by atoms with Gasteiger partial charge in [0.25, 0.3) is 0 Å². The van der Waals surface area contributed by atoms with Crippen LogP contribution in [-0.2, 0) is 0 Å². The van der Waals surface area contributed by atoms with Crippen molar-refractivity contribution in [2.45, 2.75) is 6.92 Å². The summed E-state index contributed by atoms with van der Waals surface area (Å²) in [5, 5.41) is 2.54. The average molecular weight is 339 g/mol. The highest BCUT2D eigenvalue weighted by Gasteiger charge is 2.17. The van der Waals surface area contributed by atoms with E-state index in [1.807, 2.05) is 13.0 Å². The van der Waals surface area contributed by atoms with E-state index in [4.69, 9.17) is 34.8 Å². The van der Waals surface area contributed by atoms with Crippen LogP contribution in [0.5, 0.6) is 0 Å². The van der Waals surface area contributed by atoms with Crippen molar-refractivity contribution in [3.8, 4) is 11.3 Å². The van der Waals surface area contributed by atoms with Gasteiger partial charge in [-0.25, -0.2) is 0 Å². The summed E-state index contributed by atoms with van der Waals surface area (Å²) in [6, 6.07) is 8.76. The SMILES string of the molecule is Cc1c(Cl)ccc2c(C=O)c(-c3cc(Cl)ccc3Cl)[nH]c12. The second kappa shape index (κ2) is 5.38.